The van der Waals surface area contributed by atoms with E-state index < -0.39 is 34.0 Å². The summed E-state index contributed by atoms with van der Waals surface area (Å²) < 4.78 is 90.3. The fourth-order valence-electron chi connectivity index (χ4n) is 3.33. The summed E-state index contributed by atoms with van der Waals surface area (Å²) in [5.41, 5.74) is -0.898. The number of halogens is 5. The van der Waals surface area contributed by atoms with Crippen molar-refractivity contribution in [3.63, 3.8) is 0 Å². The normalized spacial score (nSPS) is 12.7. The van der Waals surface area contributed by atoms with Gasteiger partial charge in [0.1, 0.15) is 11.4 Å². The van der Waals surface area contributed by atoms with Gasteiger partial charge in [0.2, 0.25) is 0 Å². The highest BCUT2D eigenvalue weighted by molar-refractivity contribution is 7.91. The lowest BCUT2D eigenvalue weighted by molar-refractivity contribution is -0.287. The predicted molar refractivity (Wildman–Crippen MR) is 119 cm³/mol. The van der Waals surface area contributed by atoms with Gasteiger partial charge in [-0.15, -0.1) is 0 Å². The van der Waals surface area contributed by atoms with Crippen molar-refractivity contribution < 1.29 is 30.4 Å². The summed E-state index contributed by atoms with van der Waals surface area (Å²) >= 11 is 0. The highest BCUT2D eigenvalue weighted by atomic mass is 32.2. The first-order chi connectivity index (χ1) is 16.8. The Morgan fingerprint density at radius 2 is 1.67 bits per heavy atom. The van der Waals surface area contributed by atoms with Gasteiger partial charge in [0.25, 0.3) is 5.56 Å². The van der Waals surface area contributed by atoms with Crippen molar-refractivity contribution >= 4 is 20.6 Å². The van der Waals surface area contributed by atoms with E-state index in [1.165, 1.54) is 37.5 Å². The lowest BCUT2D eigenvalue weighted by Gasteiger charge is -2.20. The van der Waals surface area contributed by atoms with E-state index in [0.29, 0.717) is 0 Å². The standard InChI is InChI=1S/C22H16F5N5O3S/c1-2-36(34,35)17-5-4-15(19-28-7-3-8-29-19)31-18(17)16-10-13-6-9-32(20(33)14(13)11-30-16)12-21(23,24)22(25,26)27/h3-11H,2,12H2,1H3. The van der Waals surface area contributed by atoms with Crippen molar-refractivity contribution in [2.45, 2.75) is 30.5 Å². The molecule has 0 aliphatic rings. The third-order valence-corrected chi connectivity index (χ3v) is 7.02. The molecule has 4 aromatic rings. The third-order valence-electron chi connectivity index (χ3n) is 5.26. The maximum Gasteiger partial charge on any atom is 0.455 e. The summed E-state index contributed by atoms with van der Waals surface area (Å²) in [6.07, 6.45) is -1.10. The summed E-state index contributed by atoms with van der Waals surface area (Å²) in [5.74, 6) is -5.15. The van der Waals surface area contributed by atoms with Gasteiger partial charge >= 0.3 is 12.1 Å². The molecule has 0 aliphatic carbocycles. The topological polar surface area (TPSA) is 108 Å². The summed E-state index contributed by atoms with van der Waals surface area (Å²) in [6.45, 7) is -0.451. The number of pyridine rings is 3. The molecule has 0 aliphatic heterocycles. The molecule has 0 N–H and O–H groups in total. The van der Waals surface area contributed by atoms with Crippen LogP contribution in [-0.4, -0.2) is 50.8 Å². The van der Waals surface area contributed by atoms with Crippen molar-refractivity contribution in [1.82, 2.24) is 24.5 Å². The van der Waals surface area contributed by atoms with Gasteiger partial charge in [0.15, 0.2) is 15.7 Å². The van der Waals surface area contributed by atoms with Crippen molar-refractivity contribution in [2.24, 2.45) is 0 Å². The minimum atomic E-state index is -5.83. The van der Waals surface area contributed by atoms with Gasteiger partial charge in [-0.3, -0.25) is 9.78 Å². The highest BCUT2D eigenvalue weighted by Crippen LogP contribution is 2.36. The summed E-state index contributed by atoms with van der Waals surface area (Å²) in [6, 6.07) is 6.81. The molecule has 8 nitrogen and oxygen atoms in total. The van der Waals surface area contributed by atoms with Crippen LogP contribution < -0.4 is 5.56 Å². The second-order valence-corrected chi connectivity index (χ2v) is 9.87. The first-order valence-electron chi connectivity index (χ1n) is 10.3. The molecule has 4 heterocycles. The number of hydrogen-bond acceptors (Lipinski definition) is 7. The lowest BCUT2D eigenvalue weighted by Crippen LogP contribution is -2.42. The Bertz CT molecular complexity index is 1610. The van der Waals surface area contributed by atoms with Crippen LogP contribution in [0.1, 0.15) is 6.92 Å². The van der Waals surface area contributed by atoms with Crippen LogP contribution in [0.3, 0.4) is 0 Å². The fraction of sp³-hybridized carbons (Fsp3) is 0.227. The molecule has 0 saturated heterocycles. The molecule has 14 heteroatoms. The monoisotopic (exact) mass is 525 g/mol. The van der Waals surface area contributed by atoms with Crippen LogP contribution in [0.25, 0.3) is 33.7 Å². The van der Waals surface area contributed by atoms with Crippen molar-refractivity contribution in [1.29, 1.82) is 0 Å². The Labute approximate surface area is 200 Å². The molecule has 188 valence electrons. The minimum absolute atomic E-state index is 0.0325. The smallest absolute Gasteiger partial charge is 0.308 e. The van der Waals surface area contributed by atoms with Crippen LogP contribution >= 0.6 is 0 Å². The van der Waals surface area contributed by atoms with Crippen LogP contribution in [-0.2, 0) is 16.4 Å². The molecule has 0 unspecified atom stereocenters. The maximum atomic E-state index is 13.5. The fourth-order valence-corrected chi connectivity index (χ4v) is 4.36. The van der Waals surface area contributed by atoms with Gasteiger partial charge in [-0.1, -0.05) is 6.92 Å². The van der Waals surface area contributed by atoms with Gasteiger partial charge in [0.05, 0.1) is 28.3 Å². The minimum Gasteiger partial charge on any atom is -0.308 e. The summed E-state index contributed by atoms with van der Waals surface area (Å²) in [7, 11) is -3.78. The molecular weight excluding hydrogens is 509 g/mol. The largest absolute Gasteiger partial charge is 0.455 e. The third kappa shape index (κ3) is 4.67. The molecule has 0 amide bonds. The lowest BCUT2D eigenvalue weighted by atomic mass is 10.1. The molecule has 0 saturated carbocycles. The zero-order chi connectivity index (χ0) is 26.3. The van der Waals surface area contributed by atoms with Crippen LogP contribution in [0.2, 0.25) is 0 Å². The second kappa shape index (κ2) is 9.00. The van der Waals surface area contributed by atoms with Gasteiger partial charge in [-0.05, 0) is 35.7 Å². The Morgan fingerprint density at radius 1 is 0.972 bits per heavy atom. The summed E-state index contributed by atoms with van der Waals surface area (Å²) in [5, 5.41) is -0.0961. The number of aromatic nitrogens is 5. The predicted octanol–water partition coefficient (Wildman–Crippen LogP) is 3.91. The Morgan fingerprint density at radius 3 is 2.31 bits per heavy atom. The van der Waals surface area contributed by atoms with Crippen LogP contribution in [0.4, 0.5) is 22.0 Å². The van der Waals surface area contributed by atoms with E-state index in [2.05, 4.69) is 19.9 Å². The van der Waals surface area contributed by atoms with Crippen molar-refractivity contribution in [3.8, 4) is 22.9 Å². The number of alkyl halides is 5. The van der Waals surface area contributed by atoms with E-state index in [9.17, 15) is 35.2 Å². The summed E-state index contributed by atoms with van der Waals surface area (Å²) in [4.78, 5) is 29.1. The van der Waals surface area contributed by atoms with Crippen molar-refractivity contribution in [2.75, 3.05) is 5.75 Å². The van der Waals surface area contributed by atoms with Crippen LogP contribution in [0, 0.1) is 0 Å². The molecule has 0 radical (unpaired) electrons. The maximum absolute atomic E-state index is 13.5. The van der Waals surface area contributed by atoms with Gasteiger partial charge in [0, 0.05) is 24.8 Å². The van der Waals surface area contributed by atoms with Crippen molar-refractivity contribution in [3.05, 3.63) is 65.5 Å². The zero-order valence-electron chi connectivity index (χ0n) is 18.4. The van der Waals surface area contributed by atoms with Gasteiger partial charge < -0.3 is 4.57 Å². The molecule has 0 fully saturated rings. The van der Waals surface area contributed by atoms with E-state index >= 15 is 0 Å². The molecule has 4 rings (SSSR count). The van der Waals surface area contributed by atoms with Crippen LogP contribution in [0.5, 0.6) is 0 Å². The van der Waals surface area contributed by atoms with E-state index in [-0.39, 0.29) is 48.9 Å². The van der Waals surface area contributed by atoms with E-state index in [1.807, 2.05) is 0 Å². The van der Waals surface area contributed by atoms with E-state index in [0.717, 1.165) is 18.5 Å². The number of sulfone groups is 1. The Hall–Kier alpha value is -3.81. The highest BCUT2D eigenvalue weighted by Gasteiger charge is 2.57. The van der Waals surface area contributed by atoms with Gasteiger partial charge in [-0.25, -0.2) is 23.4 Å². The number of nitrogens with zero attached hydrogens (tertiary/aromatic N) is 5. The molecule has 4 aromatic heterocycles. The first kappa shape index (κ1) is 25.3. The zero-order valence-corrected chi connectivity index (χ0v) is 19.2. The molecule has 0 spiro atoms. The number of hydrogen-bond donors (Lipinski definition) is 0. The number of rotatable bonds is 6. The molecule has 36 heavy (non-hydrogen) atoms. The molecule has 0 atom stereocenters. The second-order valence-electron chi connectivity index (χ2n) is 7.63. The Kier molecular flexibility index (Phi) is 6.32. The molecule has 0 aromatic carbocycles. The average molecular weight is 525 g/mol. The van der Waals surface area contributed by atoms with Crippen LogP contribution in [0.15, 0.2) is 64.8 Å². The molecular formula is C22H16F5N5O3S. The molecule has 0 bridgehead atoms. The number of fused-ring (bicyclic) bond motifs is 1. The SMILES string of the molecule is CCS(=O)(=O)c1ccc(-c2ncccn2)nc1-c1cc2ccn(CC(F)(F)C(F)(F)F)c(=O)c2cn1. The quantitative estimate of drug-likeness (QED) is 0.351. The van der Waals surface area contributed by atoms with E-state index in [1.54, 1.807) is 6.07 Å². The van der Waals surface area contributed by atoms with Gasteiger partial charge in [-0.2, -0.15) is 22.0 Å². The Balaban J connectivity index is 1.86. The first-order valence-corrected chi connectivity index (χ1v) is 11.9. The average Bonchev–Trinajstić information content (AvgIpc) is 2.85. The van der Waals surface area contributed by atoms with E-state index in [4.69, 9.17) is 0 Å².